The Morgan fingerprint density at radius 3 is 2.88 bits per heavy atom. The third-order valence-electron chi connectivity index (χ3n) is 2.63. The van der Waals surface area contributed by atoms with Crippen LogP contribution in [0.25, 0.3) is 0 Å². The highest BCUT2D eigenvalue weighted by atomic mass is 79.9. The minimum absolute atomic E-state index is 0.805. The van der Waals surface area contributed by atoms with E-state index in [0.29, 0.717) is 0 Å². The predicted molar refractivity (Wildman–Crippen MR) is 69.6 cm³/mol. The molecule has 1 N–H and O–H groups in total. The van der Waals surface area contributed by atoms with E-state index in [1.165, 1.54) is 5.69 Å². The van der Waals surface area contributed by atoms with Crippen LogP contribution >= 0.6 is 15.9 Å². The first-order valence-corrected chi connectivity index (χ1v) is 6.34. The van der Waals surface area contributed by atoms with Crippen molar-refractivity contribution in [1.29, 1.82) is 0 Å². The maximum atomic E-state index is 4.35. The fourth-order valence-corrected chi connectivity index (χ4v) is 2.18. The first kappa shape index (κ1) is 12.3. The summed E-state index contributed by atoms with van der Waals surface area (Å²) < 4.78 is 4.91. The molecule has 2 aromatic rings. The molecule has 0 aliphatic heterocycles. The van der Waals surface area contributed by atoms with Gasteiger partial charge in [-0.05, 0) is 28.9 Å². The molecule has 2 heterocycles. The molecule has 2 rings (SSSR count). The molecule has 5 nitrogen and oxygen atoms in total. The van der Waals surface area contributed by atoms with Crippen molar-refractivity contribution in [3.63, 3.8) is 0 Å². The Balaban J connectivity index is 1.82. The zero-order valence-corrected chi connectivity index (χ0v) is 11.6. The fraction of sp³-hybridized carbons (Fsp3) is 0.455. The van der Waals surface area contributed by atoms with Crippen LogP contribution in [-0.2, 0) is 20.1 Å². The topological polar surface area (TPSA) is 47.7 Å². The van der Waals surface area contributed by atoms with E-state index in [-0.39, 0.29) is 0 Å². The minimum atomic E-state index is 0.805. The summed E-state index contributed by atoms with van der Waals surface area (Å²) >= 11 is 3.55. The quantitative estimate of drug-likeness (QED) is 0.851. The molecule has 0 saturated heterocycles. The number of hydrogen-bond acceptors (Lipinski definition) is 3. The first-order valence-electron chi connectivity index (χ1n) is 5.54. The summed E-state index contributed by atoms with van der Waals surface area (Å²) in [7, 11) is 1.96. The third kappa shape index (κ3) is 2.95. The lowest BCUT2D eigenvalue weighted by molar-refractivity contribution is 0.541. The van der Waals surface area contributed by atoms with E-state index in [0.717, 1.165) is 29.8 Å². The van der Waals surface area contributed by atoms with Gasteiger partial charge in [0.2, 0.25) is 0 Å². The van der Waals surface area contributed by atoms with Crippen molar-refractivity contribution >= 4 is 15.9 Å². The summed E-state index contributed by atoms with van der Waals surface area (Å²) in [4.78, 5) is 0. The zero-order chi connectivity index (χ0) is 12.3. The molecular formula is C11H16BrN5. The zero-order valence-electron chi connectivity index (χ0n) is 10.0. The van der Waals surface area contributed by atoms with E-state index >= 15 is 0 Å². The summed E-state index contributed by atoms with van der Waals surface area (Å²) in [5, 5.41) is 11.9. The second-order valence-electron chi connectivity index (χ2n) is 3.92. The van der Waals surface area contributed by atoms with Gasteiger partial charge in [-0.15, -0.1) is 0 Å². The van der Waals surface area contributed by atoms with E-state index in [1.54, 1.807) is 6.20 Å². The lowest BCUT2D eigenvalue weighted by atomic mass is 10.3. The van der Waals surface area contributed by atoms with Crippen LogP contribution < -0.4 is 5.32 Å². The summed E-state index contributed by atoms with van der Waals surface area (Å²) in [5.74, 6) is 0. The highest BCUT2D eigenvalue weighted by molar-refractivity contribution is 9.10. The van der Waals surface area contributed by atoms with Crippen LogP contribution in [0.4, 0.5) is 0 Å². The number of aromatic nitrogens is 4. The van der Waals surface area contributed by atoms with Gasteiger partial charge in [-0.2, -0.15) is 10.2 Å². The van der Waals surface area contributed by atoms with Crippen molar-refractivity contribution in [1.82, 2.24) is 24.9 Å². The molecule has 0 unspecified atom stereocenters. The lowest BCUT2D eigenvalue weighted by Crippen LogP contribution is -2.21. The number of hydrogen-bond donors (Lipinski definition) is 1. The van der Waals surface area contributed by atoms with Gasteiger partial charge in [0.15, 0.2) is 0 Å². The normalized spacial score (nSPS) is 11.0. The number of nitrogens with zero attached hydrogens (tertiary/aromatic N) is 4. The molecular weight excluding hydrogens is 282 g/mol. The van der Waals surface area contributed by atoms with Gasteiger partial charge in [0, 0.05) is 32.5 Å². The van der Waals surface area contributed by atoms with Crippen molar-refractivity contribution in [2.24, 2.45) is 7.05 Å². The highest BCUT2D eigenvalue weighted by Crippen LogP contribution is 2.19. The van der Waals surface area contributed by atoms with Crippen LogP contribution in [0.3, 0.4) is 0 Å². The minimum Gasteiger partial charge on any atom is -0.309 e. The molecule has 0 aliphatic rings. The molecule has 0 spiro atoms. The molecule has 0 aromatic carbocycles. The maximum Gasteiger partial charge on any atom is 0.0739 e. The second kappa shape index (κ2) is 5.46. The van der Waals surface area contributed by atoms with Gasteiger partial charge in [0.05, 0.1) is 22.4 Å². The van der Waals surface area contributed by atoms with Crippen LogP contribution in [0, 0.1) is 6.92 Å². The van der Waals surface area contributed by atoms with Crippen LogP contribution in [0.15, 0.2) is 22.9 Å². The Morgan fingerprint density at radius 2 is 2.29 bits per heavy atom. The number of nitrogens with one attached hydrogen (secondary N) is 1. The second-order valence-corrected chi connectivity index (χ2v) is 4.71. The van der Waals surface area contributed by atoms with Gasteiger partial charge >= 0.3 is 0 Å². The van der Waals surface area contributed by atoms with E-state index in [9.17, 15) is 0 Å². The number of halogens is 1. The molecule has 0 radical (unpaired) electrons. The molecule has 2 aromatic heterocycles. The SMILES string of the molecule is Cc1nn(C)c(CNCCn2cccn2)c1Br. The van der Waals surface area contributed by atoms with E-state index in [4.69, 9.17) is 0 Å². The molecule has 0 atom stereocenters. The van der Waals surface area contributed by atoms with E-state index < -0.39 is 0 Å². The van der Waals surface area contributed by atoms with Crippen LogP contribution in [0.2, 0.25) is 0 Å². The van der Waals surface area contributed by atoms with Crippen molar-refractivity contribution in [3.8, 4) is 0 Å². The molecule has 17 heavy (non-hydrogen) atoms. The van der Waals surface area contributed by atoms with Crippen LogP contribution in [0.5, 0.6) is 0 Å². The Bertz CT molecular complexity index is 474. The van der Waals surface area contributed by atoms with Gasteiger partial charge in [0.25, 0.3) is 0 Å². The van der Waals surface area contributed by atoms with Crippen molar-refractivity contribution < 1.29 is 0 Å². The van der Waals surface area contributed by atoms with Gasteiger partial charge < -0.3 is 5.32 Å². The average Bonchev–Trinajstić information content (AvgIpc) is 2.87. The fourth-order valence-electron chi connectivity index (χ4n) is 1.71. The van der Waals surface area contributed by atoms with Crippen molar-refractivity contribution in [3.05, 3.63) is 34.3 Å². The molecule has 6 heteroatoms. The molecule has 0 bridgehead atoms. The standard InChI is InChI=1S/C11H16BrN5/c1-9-11(12)10(16(2)15-9)8-13-5-7-17-6-3-4-14-17/h3-4,6,13H,5,7-8H2,1-2H3. The van der Waals surface area contributed by atoms with Gasteiger partial charge in [0.1, 0.15) is 0 Å². The number of aryl methyl sites for hydroxylation is 2. The van der Waals surface area contributed by atoms with E-state index in [1.807, 2.05) is 35.6 Å². The summed E-state index contributed by atoms with van der Waals surface area (Å²) in [5.41, 5.74) is 2.19. The van der Waals surface area contributed by atoms with Gasteiger partial charge in [-0.1, -0.05) is 0 Å². The van der Waals surface area contributed by atoms with Crippen LogP contribution in [-0.4, -0.2) is 26.1 Å². The highest BCUT2D eigenvalue weighted by Gasteiger charge is 2.09. The first-order chi connectivity index (χ1) is 8.18. The molecule has 0 fully saturated rings. The maximum absolute atomic E-state index is 4.35. The molecule has 0 saturated carbocycles. The summed E-state index contributed by atoms with van der Waals surface area (Å²) in [6, 6.07) is 1.93. The number of rotatable bonds is 5. The van der Waals surface area contributed by atoms with Crippen molar-refractivity contribution in [2.75, 3.05) is 6.54 Å². The molecule has 92 valence electrons. The predicted octanol–water partition coefficient (Wildman–Crippen LogP) is 1.48. The monoisotopic (exact) mass is 297 g/mol. The third-order valence-corrected chi connectivity index (χ3v) is 3.66. The van der Waals surface area contributed by atoms with Gasteiger partial charge in [-0.25, -0.2) is 0 Å². The smallest absolute Gasteiger partial charge is 0.0739 e. The summed E-state index contributed by atoms with van der Waals surface area (Å²) in [6.45, 7) is 4.57. The van der Waals surface area contributed by atoms with E-state index in [2.05, 4.69) is 31.4 Å². The van der Waals surface area contributed by atoms with Crippen molar-refractivity contribution in [2.45, 2.75) is 20.0 Å². The van der Waals surface area contributed by atoms with Gasteiger partial charge in [-0.3, -0.25) is 9.36 Å². The molecule has 0 aliphatic carbocycles. The Morgan fingerprint density at radius 1 is 1.47 bits per heavy atom. The Labute approximate surface area is 109 Å². The lowest BCUT2D eigenvalue weighted by Gasteiger charge is -2.06. The summed E-state index contributed by atoms with van der Waals surface area (Å²) in [6.07, 6.45) is 3.76. The Kier molecular flexibility index (Phi) is 3.96. The van der Waals surface area contributed by atoms with Crippen LogP contribution in [0.1, 0.15) is 11.4 Å². The average molecular weight is 298 g/mol. The molecule has 0 amide bonds. The Hall–Kier alpha value is -1.14. The largest absolute Gasteiger partial charge is 0.309 e.